The van der Waals surface area contributed by atoms with Crippen molar-refractivity contribution in [3.8, 4) is 0 Å². The molecule has 7 heteroatoms. The minimum absolute atomic E-state index is 0.167. The molecule has 0 heterocycles. The molecule has 3 N–H and O–H groups in total. The number of aliphatic carboxylic acids is 2. The van der Waals surface area contributed by atoms with Gasteiger partial charge in [0, 0.05) is 12.4 Å². The van der Waals surface area contributed by atoms with Gasteiger partial charge in [-0.1, -0.05) is 0 Å². The molecule has 0 aliphatic heterocycles. The Balaban J connectivity index is 0. The van der Waals surface area contributed by atoms with E-state index in [-0.39, 0.29) is 12.8 Å². The molecule has 0 spiro atoms. The maximum absolute atomic E-state index is 10.0. The number of carbonyl (C=O) groups is 2. The first-order chi connectivity index (χ1) is 7.94. The van der Waals surface area contributed by atoms with Gasteiger partial charge in [-0.25, -0.2) is 0 Å². The summed E-state index contributed by atoms with van der Waals surface area (Å²) >= 11 is 0. The third kappa shape index (κ3) is 20.3. The first-order valence-corrected chi connectivity index (χ1v) is 5.52. The van der Waals surface area contributed by atoms with Gasteiger partial charge < -0.3 is 29.7 Å². The van der Waals surface area contributed by atoms with Crippen molar-refractivity contribution in [1.82, 2.24) is 0 Å². The highest BCUT2D eigenvalue weighted by Crippen LogP contribution is 1.97. The van der Waals surface area contributed by atoms with Crippen LogP contribution in [0.15, 0.2) is 0 Å². The molecule has 0 rings (SSSR count). The van der Waals surface area contributed by atoms with Crippen LogP contribution in [0, 0.1) is 0 Å². The number of carbonyl (C=O) groups excluding carboxylic acids is 1. The summed E-state index contributed by atoms with van der Waals surface area (Å²) in [4.78, 5) is 19.7. The van der Waals surface area contributed by atoms with Crippen LogP contribution in [0.5, 0.6) is 0 Å². The van der Waals surface area contributed by atoms with Gasteiger partial charge in [0.25, 0.3) is 0 Å². The number of carboxylic acid groups (broad SMARTS) is 2. The van der Waals surface area contributed by atoms with Gasteiger partial charge in [-0.3, -0.25) is 4.79 Å². The Morgan fingerprint density at radius 1 is 1.17 bits per heavy atom. The van der Waals surface area contributed by atoms with Crippen molar-refractivity contribution >= 4 is 11.9 Å². The standard InChI is InChI=1S/C7H15NO3.C4H8O3/c1-8(2,3)5-6(9)4-7(10)11;1-3(5)2-4(6)7/h6,9H,4-5H2,1-3H3;3,5H,2H2,1H3,(H,6,7). The van der Waals surface area contributed by atoms with Crippen LogP contribution in [0.25, 0.3) is 0 Å². The number of hydrogen-bond acceptors (Lipinski definition) is 5. The number of nitrogens with zero attached hydrogens (tertiary/aromatic N) is 1. The molecule has 2 atom stereocenters. The Bertz CT molecular complexity index is 259. The van der Waals surface area contributed by atoms with E-state index in [1.807, 2.05) is 21.1 Å². The number of aliphatic hydroxyl groups is 2. The zero-order valence-electron chi connectivity index (χ0n) is 11.3. The van der Waals surface area contributed by atoms with Crippen molar-refractivity contribution in [1.29, 1.82) is 0 Å². The molecule has 0 saturated heterocycles. The van der Waals surface area contributed by atoms with Crippen LogP contribution in [0.3, 0.4) is 0 Å². The van der Waals surface area contributed by atoms with Crippen LogP contribution >= 0.6 is 0 Å². The predicted molar refractivity (Wildman–Crippen MR) is 62.5 cm³/mol. The minimum Gasteiger partial charge on any atom is -0.550 e. The first kappa shape index (κ1) is 19.2. The van der Waals surface area contributed by atoms with Crippen molar-refractivity contribution in [3.05, 3.63) is 0 Å². The zero-order valence-corrected chi connectivity index (χ0v) is 11.3. The van der Waals surface area contributed by atoms with E-state index in [0.29, 0.717) is 11.0 Å². The van der Waals surface area contributed by atoms with E-state index in [2.05, 4.69) is 0 Å². The maximum atomic E-state index is 10.0. The van der Waals surface area contributed by atoms with Crippen LogP contribution in [0.4, 0.5) is 0 Å². The molecule has 0 saturated carbocycles. The molecular weight excluding hydrogens is 242 g/mol. The first-order valence-electron chi connectivity index (χ1n) is 5.52. The molecular formula is C11H23NO6. The Morgan fingerprint density at radius 2 is 1.61 bits per heavy atom. The summed E-state index contributed by atoms with van der Waals surface area (Å²) in [7, 11) is 5.66. The van der Waals surface area contributed by atoms with Crippen LogP contribution in [0.1, 0.15) is 19.8 Å². The lowest BCUT2D eigenvalue weighted by atomic mass is 10.2. The quantitative estimate of drug-likeness (QED) is 0.480. The van der Waals surface area contributed by atoms with Crippen molar-refractivity contribution in [2.45, 2.75) is 32.0 Å². The largest absolute Gasteiger partial charge is 0.550 e. The second-order valence-corrected chi connectivity index (χ2v) is 5.15. The Morgan fingerprint density at radius 3 is 1.78 bits per heavy atom. The predicted octanol–water partition coefficient (Wildman–Crippen LogP) is -1.96. The van der Waals surface area contributed by atoms with Crippen molar-refractivity contribution in [3.63, 3.8) is 0 Å². The molecule has 0 aromatic carbocycles. The van der Waals surface area contributed by atoms with Gasteiger partial charge in [0.2, 0.25) is 0 Å². The van der Waals surface area contributed by atoms with Crippen LogP contribution in [-0.4, -0.2) is 71.6 Å². The van der Waals surface area contributed by atoms with Gasteiger partial charge in [0.15, 0.2) is 0 Å². The normalized spacial score (nSPS) is 14.1. The fourth-order valence-electron chi connectivity index (χ4n) is 1.14. The number of quaternary nitrogens is 1. The Kier molecular flexibility index (Phi) is 9.42. The fourth-order valence-corrected chi connectivity index (χ4v) is 1.14. The minimum atomic E-state index is -1.20. The Labute approximate surface area is 107 Å². The molecule has 0 aliphatic carbocycles. The lowest BCUT2D eigenvalue weighted by Gasteiger charge is -2.26. The van der Waals surface area contributed by atoms with Gasteiger partial charge >= 0.3 is 5.97 Å². The van der Waals surface area contributed by atoms with E-state index in [0.717, 1.165) is 0 Å². The van der Waals surface area contributed by atoms with E-state index in [1.54, 1.807) is 0 Å². The maximum Gasteiger partial charge on any atom is 0.305 e. The summed E-state index contributed by atoms with van der Waals surface area (Å²) in [6.45, 7) is 1.86. The number of likely N-dealkylation sites (N-methyl/N-ethyl adjacent to an activating group) is 1. The zero-order chi connectivity index (χ0) is 14.9. The lowest BCUT2D eigenvalue weighted by Crippen LogP contribution is -2.43. The second-order valence-electron chi connectivity index (χ2n) is 5.15. The summed E-state index contributed by atoms with van der Waals surface area (Å²) in [5.74, 6) is -2.17. The van der Waals surface area contributed by atoms with E-state index in [1.165, 1.54) is 6.92 Å². The van der Waals surface area contributed by atoms with Crippen LogP contribution < -0.4 is 5.11 Å². The summed E-state index contributed by atoms with van der Waals surface area (Å²) in [5, 5.41) is 35.4. The average molecular weight is 265 g/mol. The highest BCUT2D eigenvalue weighted by atomic mass is 16.4. The van der Waals surface area contributed by atoms with Crippen molar-refractivity contribution in [2.24, 2.45) is 0 Å². The van der Waals surface area contributed by atoms with E-state index >= 15 is 0 Å². The molecule has 2 unspecified atom stereocenters. The smallest absolute Gasteiger partial charge is 0.305 e. The number of aliphatic hydroxyl groups excluding tert-OH is 2. The summed E-state index contributed by atoms with van der Waals surface area (Å²) < 4.78 is 0.550. The van der Waals surface area contributed by atoms with E-state index < -0.39 is 24.1 Å². The second kappa shape index (κ2) is 8.84. The summed E-state index contributed by atoms with van der Waals surface area (Å²) in [6.07, 6.45) is -1.98. The molecule has 0 aliphatic rings. The number of hydrogen-bond donors (Lipinski definition) is 3. The highest BCUT2D eigenvalue weighted by Gasteiger charge is 2.14. The molecule has 0 radical (unpaired) electrons. The van der Waals surface area contributed by atoms with Gasteiger partial charge in [-0.15, -0.1) is 0 Å². The van der Waals surface area contributed by atoms with E-state index in [9.17, 15) is 14.7 Å². The van der Waals surface area contributed by atoms with Gasteiger partial charge in [-0.05, 0) is 6.92 Å². The SMILES string of the molecule is CC(O)CC(=O)O.C[N+](C)(C)CC(O)CC(=O)[O-]. The molecule has 18 heavy (non-hydrogen) atoms. The average Bonchev–Trinajstić information content (AvgIpc) is 1.94. The molecule has 0 aromatic rings. The number of rotatable bonds is 6. The van der Waals surface area contributed by atoms with Gasteiger partial charge in [0.05, 0.1) is 33.7 Å². The van der Waals surface area contributed by atoms with Crippen molar-refractivity contribution in [2.75, 3.05) is 27.7 Å². The topological polar surface area (TPSA) is 118 Å². The monoisotopic (exact) mass is 265 g/mol. The summed E-state index contributed by atoms with van der Waals surface area (Å²) in [6, 6.07) is 0. The number of carboxylic acids is 2. The molecule has 0 aromatic heterocycles. The summed E-state index contributed by atoms with van der Waals surface area (Å²) in [5.41, 5.74) is 0. The van der Waals surface area contributed by atoms with E-state index in [4.69, 9.17) is 15.3 Å². The lowest BCUT2D eigenvalue weighted by molar-refractivity contribution is -0.873. The van der Waals surface area contributed by atoms with Crippen LogP contribution in [-0.2, 0) is 9.59 Å². The fraction of sp³-hybridized carbons (Fsp3) is 0.818. The highest BCUT2D eigenvalue weighted by molar-refractivity contribution is 5.67. The van der Waals surface area contributed by atoms with Gasteiger partial charge in [-0.2, -0.15) is 0 Å². The molecule has 0 bridgehead atoms. The third-order valence-corrected chi connectivity index (χ3v) is 1.63. The van der Waals surface area contributed by atoms with Crippen LogP contribution in [0.2, 0.25) is 0 Å². The molecule has 0 amide bonds. The van der Waals surface area contributed by atoms with Gasteiger partial charge in [0.1, 0.15) is 12.6 Å². The molecule has 0 fully saturated rings. The van der Waals surface area contributed by atoms with Crippen molar-refractivity contribution < 1.29 is 34.5 Å². The molecule has 7 nitrogen and oxygen atoms in total. The third-order valence-electron chi connectivity index (χ3n) is 1.63. The molecule has 108 valence electrons. The Hall–Kier alpha value is -1.18.